The second kappa shape index (κ2) is 5.57. The molecule has 2 aromatic rings. The molecular formula is C14H20N4O. The van der Waals surface area contributed by atoms with Gasteiger partial charge in [-0.2, -0.15) is 5.10 Å². The van der Waals surface area contributed by atoms with Gasteiger partial charge in [0.1, 0.15) is 5.82 Å². The first kappa shape index (κ1) is 12.4. The summed E-state index contributed by atoms with van der Waals surface area (Å²) in [5, 5.41) is 7.24. The van der Waals surface area contributed by atoms with Gasteiger partial charge < -0.3 is 9.72 Å². The van der Waals surface area contributed by atoms with E-state index in [1.165, 1.54) is 5.69 Å². The fourth-order valence-corrected chi connectivity index (χ4v) is 2.60. The molecule has 1 aliphatic heterocycles. The second-order valence-electron chi connectivity index (χ2n) is 5.11. The molecule has 3 rings (SSSR count). The highest BCUT2D eigenvalue weighted by Crippen LogP contribution is 2.23. The summed E-state index contributed by atoms with van der Waals surface area (Å²) >= 11 is 0. The van der Waals surface area contributed by atoms with Gasteiger partial charge in [0.05, 0.1) is 17.9 Å². The monoisotopic (exact) mass is 260 g/mol. The van der Waals surface area contributed by atoms with Gasteiger partial charge in [0.15, 0.2) is 0 Å². The van der Waals surface area contributed by atoms with Crippen LogP contribution in [0.4, 0.5) is 0 Å². The number of nitrogens with one attached hydrogen (secondary N) is 2. The fraction of sp³-hybridized carbons (Fsp3) is 0.571. The van der Waals surface area contributed by atoms with E-state index in [1.807, 2.05) is 12.4 Å². The molecule has 3 heterocycles. The van der Waals surface area contributed by atoms with E-state index in [1.54, 1.807) is 0 Å². The molecule has 0 aromatic carbocycles. The lowest BCUT2D eigenvalue weighted by Crippen LogP contribution is -2.10. The van der Waals surface area contributed by atoms with E-state index >= 15 is 0 Å². The maximum Gasteiger partial charge on any atom is 0.140 e. The zero-order chi connectivity index (χ0) is 13.1. The molecule has 1 aliphatic rings. The van der Waals surface area contributed by atoms with Crippen LogP contribution in [0.3, 0.4) is 0 Å². The summed E-state index contributed by atoms with van der Waals surface area (Å²) < 4.78 is 5.68. The highest BCUT2D eigenvalue weighted by Gasteiger charge is 2.20. The molecule has 5 heteroatoms. The molecule has 0 bridgehead atoms. The molecule has 1 fully saturated rings. The number of aryl methyl sites for hydroxylation is 1. The average molecular weight is 260 g/mol. The molecule has 1 saturated heterocycles. The number of rotatable bonds is 5. The van der Waals surface area contributed by atoms with E-state index in [9.17, 15) is 0 Å². The second-order valence-corrected chi connectivity index (χ2v) is 5.11. The highest BCUT2D eigenvalue weighted by molar-refractivity contribution is 5.57. The minimum Gasteiger partial charge on any atom is -0.378 e. The van der Waals surface area contributed by atoms with Crippen molar-refractivity contribution in [1.29, 1.82) is 0 Å². The zero-order valence-electron chi connectivity index (χ0n) is 11.3. The van der Waals surface area contributed by atoms with E-state index in [0.29, 0.717) is 6.10 Å². The Kier molecular flexibility index (Phi) is 3.64. The molecule has 0 aliphatic carbocycles. The number of hydrogen-bond donors (Lipinski definition) is 2. The maximum atomic E-state index is 5.68. The van der Waals surface area contributed by atoms with Gasteiger partial charge in [-0.3, -0.25) is 5.10 Å². The van der Waals surface area contributed by atoms with Crippen molar-refractivity contribution < 1.29 is 4.74 Å². The van der Waals surface area contributed by atoms with E-state index in [4.69, 9.17) is 4.74 Å². The molecule has 0 radical (unpaired) electrons. The predicted molar refractivity (Wildman–Crippen MR) is 72.8 cm³/mol. The van der Waals surface area contributed by atoms with Crippen LogP contribution in [0.15, 0.2) is 12.4 Å². The van der Waals surface area contributed by atoms with Crippen LogP contribution in [0.5, 0.6) is 0 Å². The summed E-state index contributed by atoms with van der Waals surface area (Å²) in [5.74, 6) is 0.908. The Morgan fingerprint density at radius 2 is 2.37 bits per heavy atom. The predicted octanol–water partition coefficient (Wildman–Crippen LogP) is 2.47. The molecule has 2 aromatic heterocycles. The number of imidazole rings is 1. The Morgan fingerprint density at radius 1 is 1.42 bits per heavy atom. The lowest BCUT2D eigenvalue weighted by Gasteiger charge is -2.08. The van der Waals surface area contributed by atoms with Crippen LogP contribution in [0.25, 0.3) is 11.4 Å². The third-order valence-corrected chi connectivity index (χ3v) is 3.58. The Bertz CT molecular complexity index is 525. The minimum absolute atomic E-state index is 0.323. The SMILES string of the molecule is CCCc1cnc(-c2cn[nH]c2C[C@H]2CCCO2)[nH]1. The van der Waals surface area contributed by atoms with Crippen molar-refractivity contribution in [1.82, 2.24) is 20.2 Å². The molecule has 0 spiro atoms. The molecule has 0 unspecified atom stereocenters. The summed E-state index contributed by atoms with van der Waals surface area (Å²) in [4.78, 5) is 7.83. The third kappa shape index (κ3) is 2.71. The van der Waals surface area contributed by atoms with Crippen LogP contribution in [-0.2, 0) is 17.6 Å². The van der Waals surface area contributed by atoms with Crippen molar-refractivity contribution in [3.8, 4) is 11.4 Å². The highest BCUT2D eigenvalue weighted by atomic mass is 16.5. The number of hydrogen-bond acceptors (Lipinski definition) is 3. The smallest absolute Gasteiger partial charge is 0.140 e. The molecule has 0 saturated carbocycles. The van der Waals surface area contributed by atoms with Crippen molar-refractivity contribution in [3.05, 3.63) is 23.8 Å². The fourth-order valence-electron chi connectivity index (χ4n) is 2.60. The Balaban J connectivity index is 1.77. The van der Waals surface area contributed by atoms with Gasteiger partial charge in [0.25, 0.3) is 0 Å². The van der Waals surface area contributed by atoms with E-state index < -0.39 is 0 Å². The van der Waals surface area contributed by atoms with Crippen LogP contribution in [0, 0.1) is 0 Å². The Morgan fingerprint density at radius 3 is 3.16 bits per heavy atom. The van der Waals surface area contributed by atoms with Crippen molar-refractivity contribution in [2.45, 2.75) is 45.1 Å². The minimum atomic E-state index is 0.323. The van der Waals surface area contributed by atoms with Gasteiger partial charge in [-0.05, 0) is 19.3 Å². The van der Waals surface area contributed by atoms with Gasteiger partial charge in [0, 0.05) is 30.6 Å². The number of aromatic amines is 2. The first-order valence-corrected chi connectivity index (χ1v) is 7.05. The van der Waals surface area contributed by atoms with Gasteiger partial charge in [0.2, 0.25) is 0 Å². The normalized spacial score (nSPS) is 19.1. The van der Waals surface area contributed by atoms with Crippen LogP contribution < -0.4 is 0 Å². The molecule has 19 heavy (non-hydrogen) atoms. The molecule has 2 N–H and O–H groups in total. The molecule has 5 nitrogen and oxygen atoms in total. The van der Waals surface area contributed by atoms with Crippen LogP contribution in [0.2, 0.25) is 0 Å². The van der Waals surface area contributed by atoms with Gasteiger partial charge in [-0.25, -0.2) is 4.98 Å². The van der Waals surface area contributed by atoms with Crippen LogP contribution in [-0.4, -0.2) is 32.9 Å². The summed E-state index contributed by atoms with van der Waals surface area (Å²) in [5.41, 5.74) is 3.36. The average Bonchev–Trinajstić information content (AvgIpc) is 3.11. The number of H-pyrrole nitrogens is 2. The standard InChI is InChI=1S/C14H20N4O/c1-2-4-10-8-15-14(17-10)12-9-16-18-13(12)7-11-5-3-6-19-11/h8-9,11H,2-7H2,1H3,(H,15,17)(H,16,18)/t11-/m1/s1. The van der Waals surface area contributed by atoms with E-state index in [-0.39, 0.29) is 0 Å². The topological polar surface area (TPSA) is 66.6 Å². The van der Waals surface area contributed by atoms with Crippen molar-refractivity contribution in [3.63, 3.8) is 0 Å². The Labute approximate surface area is 112 Å². The molecule has 0 amide bonds. The van der Waals surface area contributed by atoms with Crippen molar-refractivity contribution in [2.75, 3.05) is 6.61 Å². The molecular weight excluding hydrogens is 240 g/mol. The lowest BCUT2D eigenvalue weighted by atomic mass is 10.1. The van der Waals surface area contributed by atoms with Crippen LogP contribution in [0.1, 0.15) is 37.6 Å². The molecule has 1 atom stereocenters. The summed E-state index contributed by atoms with van der Waals surface area (Å²) in [6, 6.07) is 0. The number of nitrogens with zero attached hydrogens (tertiary/aromatic N) is 2. The largest absolute Gasteiger partial charge is 0.378 e. The van der Waals surface area contributed by atoms with Gasteiger partial charge in [-0.15, -0.1) is 0 Å². The van der Waals surface area contributed by atoms with Crippen molar-refractivity contribution >= 4 is 0 Å². The van der Waals surface area contributed by atoms with Gasteiger partial charge >= 0.3 is 0 Å². The summed E-state index contributed by atoms with van der Waals surface area (Å²) in [6.07, 6.45) is 9.43. The quantitative estimate of drug-likeness (QED) is 0.868. The summed E-state index contributed by atoms with van der Waals surface area (Å²) in [6.45, 7) is 3.05. The van der Waals surface area contributed by atoms with Crippen molar-refractivity contribution in [2.24, 2.45) is 0 Å². The zero-order valence-corrected chi connectivity index (χ0v) is 11.3. The summed E-state index contributed by atoms with van der Waals surface area (Å²) in [7, 11) is 0. The first-order chi connectivity index (χ1) is 9.36. The first-order valence-electron chi connectivity index (χ1n) is 7.05. The van der Waals surface area contributed by atoms with Crippen LogP contribution >= 0.6 is 0 Å². The Hall–Kier alpha value is -1.62. The van der Waals surface area contributed by atoms with E-state index in [2.05, 4.69) is 27.1 Å². The number of aromatic nitrogens is 4. The maximum absolute atomic E-state index is 5.68. The van der Waals surface area contributed by atoms with Gasteiger partial charge in [-0.1, -0.05) is 13.3 Å². The third-order valence-electron chi connectivity index (χ3n) is 3.58. The lowest BCUT2D eigenvalue weighted by molar-refractivity contribution is 0.111. The van der Waals surface area contributed by atoms with E-state index in [0.717, 1.165) is 55.8 Å². The molecule has 102 valence electrons. The number of ether oxygens (including phenoxy) is 1.